The predicted molar refractivity (Wildman–Crippen MR) is 78.9 cm³/mol. The van der Waals surface area contributed by atoms with Crippen LogP contribution in [-0.4, -0.2) is 17.6 Å². The van der Waals surface area contributed by atoms with Gasteiger partial charge in [0, 0.05) is 12.1 Å². The first kappa shape index (κ1) is 16.1. The number of halogens is 2. The van der Waals surface area contributed by atoms with Gasteiger partial charge >= 0.3 is 0 Å². The van der Waals surface area contributed by atoms with Crippen LogP contribution < -0.4 is 11.1 Å². The summed E-state index contributed by atoms with van der Waals surface area (Å²) in [6.07, 6.45) is 4.29. The molecule has 0 bridgehead atoms. The molecule has 0 saturated carbocycles. The summed E-state index contributed by atoms with van der Waals surface area (Å²) in [7, 11) is 0. The van der Waals surface area contributed by atoms with E-state index >= 15 is 0 Å². The Bertz CT molecular complexity index is 416. The second kappa shape index (κ2) is 8.25. The van der Waals surface area contributed by atoms with Gasteiger partial charge in [-0.2, -0.15) is 0 Å². The van der Waals surface area contributed by atoms with Crippen molar-refractivity contribution >= 4 is 34.8 Å². The van der Waals surface area contributed by atoms with Crippen LogP contribution in [0.25, 0.3) is 0 Å². The highest BCUT2D eigenvalue weighted by Crippen LogP contribution is 2.34. The second-order valence-electron chi connectivity index (χ2n) is 4.29. The van der Waals surface area contributed by atoms with Gasteiger partial charge in [0.1, 0.15) is 0 Å². The molecule has 106 valence electrons. The molecule has 0 unspecified atom stereocenters. The molecule has 0 saturated heterocycles. The molecular formula is C13H18Cl2N2O2. The third kappa shape index (κ3) is 5.68. The third-order valence-corrected chi connectivity index (χ3v) is 3.23. The number of unbranched alkanes of at least 4 members (excludes halogenated alkanes) is 3. The molecule has 0 aromatic heterocycles. The van der Waals surface area contributed by atoms with Crippen LogP contribution in [0.5, 0.6) is 5.75 Å². The highest BCUT2D eigenvalue weighted by atomic mass is 35.5. The summed E-state index contributed by atoms with van der Waals surface area (Å²) in [5.41, 5.74) is 5.87. The normalized spacial score (nSPS) is 10.5. The molecular weight excluding hydrogens is 287 g/mol. The topological polar surface area (TPSA) is 75.4 Å². The summed E-state index contributed by atoms with van der Waals surface area (Å²) in [6.45, 7) is 0.691. The lowest BCUT2D eigenvalue weighted by Gasteiger charge is -2.07. The average Bonchev–Trinajstić information content (AvgIpc) is 2.35. The Morgan fingerprint density at radius 1 is 1.16 bits per heavy atom. The Labute approximate surface area is 122 Å². The third-order valence-electron chi connectivity index (χ3n) is 2.66. The summed E-state index contributed by atoms with van der Waals surface area (Å²) < 4.78 is 0. The smallest absolute Gasteiger partial charge is 0.224 e. The van der Waals surface area contributed by atoms with E-state index in [-0.39, 0.29) is 21.7 Å². The zero-order valence-electron chi connectivity index (χ0n) is 10.6. The minimum Gasteiger partial charge on any atom is -0.505 e. The van der Waals surface area contributed by atoms with Crippen molar-refractivity contribution in [2.75, 3.05) is 11.9 Å². The minimum absolute atomic E-state index is 0.0921. The molecule has 6 heteroatoms. The fourth-order valence-corrected chi connectivity index (χ4v) is 2.13. The van der Waals surface area contributed by atoms with Crippen LogP contribution in [0.2, 0.25) is 10.0 Å². The molecule has 0 radical (unpaired) electrons. The van der Waals surface area contributed by atoms with E-state index in [2.05, 4.69) is 5.32 Å². The number of benzene rings is 1. The number of anilines is 1. The number of hydrogen-bond acceptors (Lipinski definition) is 3. The van der Waals surface area contributed by atoms with Crippen LogP contribution in [0.3, 0.4) is 0 Å². The van der Waals surface area contributed by atoms with Crippen molar-refractivity contribution in [3.05, 3.63) is 22.2 Å². The summed E-state index contributed by atoms with van der Waals surface area (Å²) in [5.74, 6) is -0.270. The van der Waals surface area contributed by atoms with Crippen molar-refractivity contribution < 1.29 is 9.90 Å². The quantitative estimate of drug-likeness (QED) is 0.532. The fraction of sp³-hybridized carbons (Fsp3) is 0.462. The van der Waals surface area contributed by atoms with Gasteiger partial charge in [0.15, 0.2) is 5.75 Å². The highest BCUT2D eigenvalue weighted by Gasteiger charge is 2.08. The van der Waals surface area contributed by atoms with Gasteiger partial charge in [0.25, 0.3) is 0 Å². The molecule has 0 aliphatic heterocycles. The zero-order chi connectivity index (χ0) is 14.3. The Morgan fingerprint density at radius 3 is 2.32 bits per heavy atom. The Morgan fingerprint density at radius 2 is 1.74 bits per heavy atom. The summed E-state index contributed by atoms with van der Waals surface area (Å²) in [6, 6.07) is 2.93. The number of carbonyl (C=O) groups excluding carboxylic acids is 1. The lowest BCUT2D eigenvalue weighted by atomic mass is 10.1. The SMILES string of the molecule is NCCCCCCC(=O)Nc1cc(Cl)c(O)c(Cl)c1. The van der Waals surface area contributed by atoms with E-state index in [1.54, 1.807) is 0 Å². The van der Waals surface area contributed by atoms with Gasteiger partial charge in [-0.3, -0.25) is 4.79 Å². The molecule has 4 nitrogen and oxygen atoms in total. The van der Waals surface area contributed by atoms with Gasteiger partial charge in [-0.15, -0.1) is 0 Å². The number of nitrogens with one attached hydrogen (secondary N) is 1. The van der Waals surface area contributed by atoms with Gasteiger partial charge < -0.3 is 16.2 Å². The number of aromatic hydroxyl groups is 1. The molecule has 0 atom stereocenters. The summed E-state index contributed by atoms with van der Waals surface area (Å²) >= 11 is 11.5. The number of phenols is 1. The maximum atomic E-state index is 11.7. The molecule has 1 aromatic carbocycles. The van der Waals surface area contributed by atoms with Gasteiger partial charge in [-0.25, -0.2) is 0 Å². The fourth-order valence-electron chi connectivity index (χ4n) is 1.64. The minimum atomic E-state index is -0.178. The van der Waals surface area contributed by atoms with Crippen LogP contribution in [0.4, 0.5) is 5.69 Å². The lowest BCUT2D eigenvalue weighted by Crippen LogP contribution is -2.11. The summed E-state index contributed by atoms with van der Waals surface area (Å²) in [5, 5.41) is 12.3. The molecule has 4 N–H and O–H groups in total. The Hall–Kier alpha value is -0.970. The molecule has 0 fully saturated rings. The molecule has 0 spiro atoms. The Kier molecular flexibility index (Phi) is 6.99. The molecule has 0 aliphatic rings. The molecule has 19 heavy (non-hydrogen) atoms. The van der Waals surface area contributed by atoms with Crippen molar-refractivity contribution in [3.8, 4) is 5.75 Å². The predicted octanol–water partition coefficient (Wildman–Crippen LogP) is 3.55. The number of phenolic OH excluding ortho intramolecular Hbond substituents is 1. The number of rotatable bonds is 7. The van der Waals surface area contributed by atoms with Gasteiger partial charge in [-0.05, 0) is 31.5 Å². The van der Waals surface area contributed by atoms with Crippen LogP contribution >= 0.6 is 23.2 Å². The monoisotopic (exact) mass is 304 g/mol. The molecule has 1 aromatic rings. The zero-order valence-corrected chi connectivity index (χ0v) is 12.1. The second-order valence-corrected chi connectivity index (χ2v) is 5.10. The number of nitrogens with two attached hydrogens (primary N) is 1. The number of hydrogen-bond donors (Lipinski definition) is 3. The summed E-state index contributed by atoms with van der Waals surface area (Å²) in [4.78, 5) is 11.7. The van der Waals surface area contributed by atoms with Crippen molar-refractivity contribution in [3.63, 3.8) is 0 Å². The first-order chi connectivity index (χ1) is 9.04. The Balaban J connectivity index is 2.40. The lowest BCUT2D eigenvalue weighted by molar-refractivity contribution is -0.116. The van der Waals surface area contributed by atoms with E-state index in [4.69, 9.17) is 28.9 Å². The van der Waals surface area contributed by atoms with Gasteiger partial charge in [0.2, 0.25) is 5.91 Å². The van der Waals surface area contributed by atoms with Crippen LogP contribution in [0, 0.1) is 0 Å². The number of amides is 1. The van der Waals surface area contributed by atoms with Crippen LogP contribution in [0.15, 0.2) is 12.1 Å². The van der Waals surface area contributed by atoms with E-state index in [0.717, 1.165) is 25.7 Å². The molecule has 1 rings (SSSR count). The highest BCUT2D eigenvalue weighted by molar-refractivity contribution is 6.37. The van der Waals surface area contributed by atoms with Crippen molar-refractivity contribution in [2.24, 2.45) is 5.73 Å². The maximum Gasteiger partial charge on any atom is 0.224 e. The van der Waals surface area contributed by atoms with Crippen molar-refractivity contribution in [1.82, 2.24) is 0 Å². The first-order valence-electron chi connectivity index (χ1n) is 6.22. The van der Waals surface area contributed by atoms with Gasteiger partial charge in [0.05, 0.1) is 10.0 Å². The molecule has 0 aliphatic carbocycles. The van der Waals surface area contributed by atoms with E-state index in [0.29, 0.717) is 18.7 Å². The van der Waals surface area contributed by atoms with Crippen LogP contribution in [0.1, 0.15) is 32.1 Å². The van der Waals surface area contributed by atoms with Crippen LogP contribution in [-0.2, 0) is 4.79 Å². The van der Waals surface area contributed by atoms with Crippen molar-refractivity contribution in [2.45, 2.75) is 32.1 Å². The average molecular weight is 305 g/mol. The molecule has 1 amide bonds. The first-order valence-corrected chi connectivity index (χ1v) is 6.98. The standard InChI is InChI=1S/C13H18Cl2N2O2/c14-10-7-9(8-11(15)13(10)19)17-12(18)5-3-1-2-4-6-16/h7-8,19H,1-6,16H2,(H,17,18). The van der Waals surface area contributed by atoms with E-state index in [1.807, 2.05) is 0 Å². The van der Waals surface area contributed by atoms with E-state index in [9.17, 15) is 9.90 Å². The van der Waals surface area contributed by atoms with E-state index in [1.165, 1.54) is 12.1 Å². The van der Waals surface area contributed by atoms with E-state index < -0.39 is 0 Å². The molecule has 0 heterocycles. The maximum absolute atomic E-state index is 11.7. The van der Waals surface area contributed by atoms with Crippen molar-refractivity contribution in [1.29, 1.82) is 0 Å². The van der Waals surface area contributed by atoms with Gasteiger partial charge in [-0.1, -0.05) is 36.0 Å². The largest absolute Gasteiger partial charge is 0.505 e. The number of carbonyl (C=O) groups is 1.